The number of carbonyl (C=O) groups excluding carboxylic acids is 1. The van der Waals surface area contributed by atoms with E-state index >= 15 is 0 Å². The summed E-state index contributed by atoms with van der Waals surface area (Å²) in [6.45, 7) is 3.33. The molecule has 3 aromatic carbocycles. The molecule has 47 heavy (non-hydrogen) atoms. The number of halogens is 1. The van der Waals surface area contributed by atoms with E-state index in [1.54, 1.807) is 13.3 Å². The smallest absolute Gasteiger partial charge is 0.304 e. The summed E-state index contributed by atoms with van der Waals surface area (Å²) >= 11 is 6.28. The molecule has 5 rings (SSSR count). The minimum atomic E-state index is -0.917. The van der Waals surface area contributed by atoms with E-state index in [0.29, 0.717) is 24.0 Å². The Labute approximate surface area is 280 Å². The molecule has 8 nitrogen and oxygen atoms in total. The van der Waals surface area contributed by atoms with Crippen molar-refractivity contribution < 1.29 is 24.5 Å². The number of aliphatic carboxylic acids is 1. The first-order chi connectivity index (χ1) is 22.8. The second kappa shape index (κ2) is 15.6. The number of methoxy groups -OCH3 is 1. The number of pyridine rings is 1. The first kappa shape index (κ1) is 33.5. The molecular weight excluding hydrogens is 614 g/mol. The standard InChI is InChI=1S/C38H38ClN3O5/c1-3-5-32(25-7-9-26(10-8-25)34(18-21-43)40-20-17-35(44)45)36(27-13-15-31(39)16-14-27)38(46)42-23-29-12-11-28(22-30(29)24-42)33-6-4-19-41-37(33)47-2/h4,6-16,19,22,32,34,36,40,43H,3,5,17,20,23-24H2,1-2H3,(H,44,45). The van der Waals surface area contributed by atoms with Gasteiger partial charge in [0.25, 0.3) is 0 Å². The molecule has 9 heteroatoms. The van der Waals surface area contributed by atoms with Crippen molar-refractivity contribution in [2.45, 2.75) is 57.2 Å². The highest BCUT2D eigenvalue weighted by atomic mass is 35.5. The van der Waals surface area contributed by atoms with E-state index in [0.717, 1.165) is 51.8 Å². The summed E-state index contributed by atoms with van der Waals surface area (Å²) < 4.78 is 5.49. The molecule has 0 radical (unpaired) electrons. The van der Waals surface area contributed by atoms with Crippen LogP contribution in [0.15, 0.2) is 85.1 Å². The number of fused-ring (bicyclic) bond motifs is 1. The molecule has 3 N–H and O–H groups in total. The number of carboxylic acids is 1. The second-order valence-corrected chi connectivity index (χ2v) is 12.1. The minimum absolute atomic E-state index is 0.0471. The number of aliphatic hydroxyl groups excluding tert-OH is 1. The Morgan fingerprint density at radius 1 is 1.00 bits per heavy atom. The lowest BCUT2D eigenvalue weighted by Crippen LogP contribution is -2.34. The van der Waals surface area contributed by atoms with Gasteiger partial charge in [0.2, 0.25) is 11.8 Å². The van der Waals surface area contributed by atoms with Crippen LogP contribution in [0.5, 0.6) is 5.88 Å². The molecule has 0 saturated carbocycles. The Morgan fingerprint density at radius 3 is 2.38 bits per heavy atom. The van der Waals surface area contributed by atoms with Crippen LogP contribution in [0.3, 0.4) is 0 Å². The van der Waals surface area contributed by atoms with Gasteiger partial charge in [0.1, 0.15) is 6.11 Å². The van der Waals surface area contributed by atoms with Gasteiger partial charge >= 0.3 is 5.97 Å². The summed E-state index contributed by atoms with van der Waals surface area (Å²) in [5.41, 5.74) is 6.80. The third-order valence-corrected chi connectivity index (χ3v) is 8.86. The van der Waals surface area contributed by atoms with Crippen LogP contribution in [0.2, 0.25) is 5.02 Å². The molecule has 242 valence electrons. The van der Waals surface area contributed by atoms with Crippen molar-refractivity contribution in [1.29, 1.82) is 0 Å². The van der Waals surface area contributed by atoms with E-state index in [1.165, 1.54) is 0 Å². The summed E-state index contributed by atoms with van der Waals surface area (Å²) in [6.07, 6.45) is 5.24. The summed E-state index contributed by atoms with van der Waals surface area (Å²) in [7, 11) is 1.61. The number of aromatic nitrogens is 1. The normalized spacial score (nSPS) is 14.0. The molecule has 1 aliphatic rings. The lowest BCUT2D eigenvalue weighted by atomic mass is 9.77. The van der Waals surface area contributed by atoms with E-state index in [-0.39, 0.29) is 24.8 Å². The van der Waals surface area contributed by atoms with Crippen molar-refractivity contribution in [2.24, 2.45) is 0 Å². The maximum atomic E-state index is 14.6. The van der Waals surface area contributed by atoms with E-state index < -0.39 is 17.9 Å². The minimum Gasteiger partial charge on any atom is -0.481 e. The predicted molar refractivity (Wildman–Crippen MR) is 181 cm³/mol. The molecule has 0 spiro atoms. The maximum absolute atomic E-state index is 14.6. The van der Waals surface area contributed by atoms with Crippen LogP contribution in [-0.2, 0) is 22.7 Å². The number of rotatable bonds is 13. The van der Waals surface area contributed by atoms with Gasteiger partial charge < -0.3 is 19.8 Å². The van der Waals surface area contributed by atoms with Crippen molar-refractivity contribution in [3.8, 4) is 29.0 Å². The van der Waals surface area contributed by atoms with Crippen molar-refractivity contribution in [1.82, 2.24) is 15.2 Å². The van der Waals surface area contributed by atoms with Gasteiger partial charge in [-0.05, 0) is 82.0 Å². The fourth-order valence-corrected chi connectivity index (χ4v) is 6.44. The molecule has 0 bridgehead atoms. The molecule has 1 aromatic heterocycles. The predicted octanol–water partition coefficient (Wildman–Crippen LogP) is 7.06. The van der Waals surface area contributed by atoms with Crippen LogP contribution in [0.4, 0.5) is 0 Å². The average molecular weight is 652 g/mol. The number of carboxylic acid groups (broad SMARTS) is 1. The Balaban J connectivity index is 1.44. The summed E-state index contributed by atoms with van der Waals surface area (Å²) in [5.74, 6) is 1.82. The zero-order valence-corrected chi connectivity index (χ0v) is 27.2. The molecule has 3 unspecified atom stereocenters. The van der Waals surface area contributed by atoms with Gasteiger partial charge in [0.15, 0.2) is 0 Å². The molecule has 1 aliphatic heterocycles. The molecule has 3 atom stereocenters. The molecule has 1 amide bonds. The Hall–Kier alpha value is -4.84. The zero-order valence-electron chi connectivity index (χ0n) is 26.4. The first-order valence-electron chi connectivity index (χ1n) is 15.7. The quantitative estimate of drug-likeness (QED) is 0.133. The number of benzene rings is 3. The van der Waals surface area contributed by atoms with Crippen molar-refractivity contribution in [3.63, 3.8) is 0 Å². The summed E-state index contributed by atoms with van der Waals surface area (Å²) in [6, 6.07) is 25.0. The van der Waals surface area contributed by atoms with Crippen LogP contribution >= 0.6 is 11.6 Å². The SMILES string of the molecule is CCCC(c1ccc(C(C#CO)NCCC(=O)O)cc1)C(C(=O)N1Cc2ccc(-c3cccnc3OC)cc2C1)c1ccc(Cl)cc1. The number of carbonyl (C=O) groups is 2. The Morgan fingerprint density at radius 2 is 1.70 bits per heavy atom. The topological polar surface area (TPSA) is 112 Å². The van der Waals surface area contributed by atoms with Gasteiger partial charge in [-0.25, -0.2) is 4.98 Å². The fraction of sp³-hybridized carbons (Fsp3) is 0.289. The van der Waals surface area contributed by atoms with E-state index in [1.807, 2.05) is 71.7 Å². The van der Waals surface area contributed by atoms with E-state index in [9.17, 15) is 14.7 Å². The van der Waals surface area contributed by atoms with Crippen molar-refractivity contribution >= 4 is 23.5 Å². The van der Waals surface area contributed by atoms with Crippen LogP contribution in [0.1, 0.15) is 71.9 Å². The van der Waals surface area contributed by atoms with Gasteiger partial charge in [-0.2, -0.15) is 0 Å². The third-order valence-electron chi connectivity index (χ3n) is 8.61. The van der Waals surface area contributed by atoms with E-state index in [2.05, 4.69) is 41.3 Å². The van der Waals surface area contributed by atoms with Gasteiger partial charge in [-0.3, -0.25) is 14.9 Å². The number of hydrogen-bond acceptors (Lipinski definition) is 6. The Kier molecular flexibility index (Phi) is 11.2. The number of ether oxygens (including phenoxy) is 1. The summed E-state index contributed by atoms with van der Waals surface area (Å²) in [4.78, 5) is 31.9. The number of aliphatic hydroxyl groups is 1. The Bertz CT molecular complexity index is 1770. The highest BCUT2D eigenvalue weighted by molar-refractivity contribution is 6.30. The molecule has 2 heterocycles. The van der Waals surface area contributed by atoms with Crippen LogP contribution < -0.4 is 10.1 Å². The maximum Gasteiger partial charge on any atom is 0.304 e. The fourth-order valence-electron chi connectivity index (χ4n) is 6.32. The van der Waals surface area contributed by atoms with Gasteiger partial charge in [0, 0.05) is 36.4 Å². The number of hydrogen-bond donors (Lipinski definition) is 3. The first-order valence-corrected chi connectivity index (χ1v) is 16.1. The number of amides is 1. The lowest BCUT2D eigenvalue weighted by molar-refractivity contribution is -0.137. The van der Waals surface area contributed by atoms with E-state index in [4.69, 9.17) is 21.4 Å². The van der Waals surface area contributed by atoms with Gasteiger partial charge in [0.05, 0.1) is 25.5 Å². The van der Waals surface area contributed by atoms with Crippen LogP contribution in [0, 0.1) is 12.0 Å². The summed E-state index contributed by atoms with van der Waals surface area (Å²) in [5, 5.41) is 22.0. The number of nitrogens with zero attached hydrogens (tertiary/aromatic N) is 2. The second-order valence-electron chi connectivity index (χ2n) is 11.6. The van der Waals surface area contributed by atoms with Crippen LogP contribution in [0.25, 0.3) is 11.1 Å². The molecule has 0 saturated heterocycles. The lowest BCUT2D eigenvalue weighted by Gasteiger charge is -2.31. The molecule has 0 fully saturated rings. The van der Waals surface area contributed by atoms with Crippen molar-refractivity contribution in [2.75, 3.05) is 13.7 Å². The zero-order chi connectivity index (χ0) is 33.3. The van der Waals surface area contributed by atoms with Crippen LogP contribution in [-0.4, -0.2) is 45.6 Å². The monoisotopic (exact) mass is 651 g/mol. The van der Waals surface area contributed by atoms with Crippen molar-refractivity contribution in [3.05, 3.63) is 118 Å². The largest absolute Gasteiger partial charge is 0.481 e. The molecule has 4 aromatic rings. The average Bonchev–Trinajstić information content (AvgIpc) is 3.52. The molecule has 0 aliphatic carbocycles. The van der Waals surface area contributed by atoms with Gasteiger partial charge in [-0.15, -0.1) is 0 Å². The highest BCUT2D eigenvalue weighted by Gasteiger charge is 2.36. The van der Waals surface area contributed by atoms with Gasteiger partial charge in [-0.1, -0.05) is 73.5 Å². The number of nitrogens with one attached hydrogen (secondary N) is 1. The molecular formula is C38H38ClN3O5. The third kappa shape index (κ3) is 7.94. The highest BCUT2D eigenvalue weighted by Crippen LogP contribution is 2.41.